The first-order chi connectivity index (χ1) is 14.3. The summed E-state index contributed by atoms with van der Waals surface area (Å²) in [5.41, 5.74) is 5.34. The van der Waals surface area contributed by atoms with Crippen molar-refractivity contribution in [1.29, 1.82) is 0 Å². The maximum atomic E-state index is 13.0. The lowest BCUT2D eigenvalue weighted by Crippen LogP contribution is -2.49. The largest absolute Gasteiger partial charge is 0.489 e. The fourth-order valence-electron chi connectivity index (χ4n) is 4.28. The number of carbonyl (C=O) groups is 1. The van der Waals surface area contributed by atoms with Crippen LogP contribution in [0.1, 0.15) is 17.0 Å². The minimum Gasteiger partial charge on any atom is -0.489 e. The zero-order valence-electron chi connectivity index (χ0n) is 15.8. The van der Waals surface area contributed by atoms with Crippen LogP contribution >= 0.6 is 0 Å². The van der Waals surface area contributed by atoms with Gasteiger partial charge in [-0.2, -0.15) is 0 Å². The lowest BCUT2D eigenvalue weighted by atomic mass is 9.98. The lowest BCUT2D eigenvalue weighted by Gasteiger charge is -2.35. The smallest absolute Gasteiger partial charge is 0.414 e. The van der Waals surface area contributed by atoms with E-state index < -0.39 is 12.1 Å². The predicted octanol–water partition coefficient (Wildman–Crippen LogP) is 4.20. The van der Waals surface area contributed by atoms with Crippen molar-refractivity contribution in [2.45, 2.75) is 12.0 Å². The molecule has 1 unspecified atom stereocenters. The number of amides is 1. The van der Waals surface area contributed by atoms with Crippen LogP contribution in [0.25, 0.3) is 11.1 Å². The Balaban J connectivity index is 1.41. The van der Waals surface area contributed by atoms with Crippen molar-refractivity contribution >= 4 is 11.8 Å². The number of anilines is 1. The van der Waals surface area contributed by atoms with E-state index in [2.05, 4.69) is 24.3 Å². The quantitative estimate of drug-likeness (QED) is 0.732. The third-order valence-corrected chi connectivity index (χ3v) is 5.66. The number of para-hydroxylation sites is 2. The first-order valence-corrected chi connectivity index (χ1v) is 9.75. The van der Waals surface area contributed by atoms with Crippen molar-refractivity contribution in [2.24, 2.45) is 0 Å². The van der Waals surface area contributed by atoms with Gasteiger partial charge in [-0.1, -0.05) is 60.7 Å². The number of ether oxygens (including phenoxy) is 2. The Morgan fingerprint density at radius 1 is 0.966 bits per heavy atom. The Morgan fingerprint density at radius 2 is 1.59 bits per heavy atom. The molecule has 1 amide bonds. The molecule has 146 valence electrons. The molecule has 29 heavy (non-hydrogen) atoms. The van der Waals surface area contributed by atoms with Gasteiger partial charge < -0.3 is 14.6 Å². The van der Waals surface area contributed by atoms with Crippen LogP contribution in [-0.2, 0) is 4.74 Å². The minimum absolute atomic E-state index is 0.00443. The zero-order chi connectivity index (χ0) is 19.8. The van der Waals surface area contributed by atoms with Crippen molar-refractivity contribution in [2.75, 3.05) is 24.7 Å². The highest BCUT2D eigenvalue weighted by molar-refractivity contribution is 5.91. The second-order valence-corrected chi connectivity index (χ2v) is 7.29. The van der Waals surface area contributed by atoms with Crippen LogP contribution in [0, 0.1) is 0 Å². The predicted molar refractivity (Wildman–Crippen MR) is 110 cm³/mol. The fourth-order valence-corrected chi connectivity index (χ4v) is 4.28. The summed E-state index contributed by atoms with van der Waals surface area (Å²) in [6.07, 6.45) is -0.471. The van der Waals surface area contributed by atoms with Crippen LogP contribution in [0.2, 0.25) is 0 Å². The first-order valence-electron chi connectivity index (χ1n) is 9.75. The van der Waals surface area contributed by atoms with Gasteiger partial charge in [-0.05, 0) is 34.4 Å². The molecule has 5 nitrogen and oxygen atoms in total. The van der Waals surface area contributed by atoms with Crippen LogP contribution in [0.5, 0.6) is 5.75 Å². The normalized spacial score (nSPS) is 17.1. The maximum absolute atomic E-state index is 13.0. The van der Waals surface area contributed by atoms with E-state index in [9.17, 15) is 9.90 Å². The van der Waals surface area contributed by atoms with Gasteiger partial charge in [0, 0.05) is 5.92 Å². The molecule has 0 saturated heterocycles. The van der Waals surface area contributed by atoms with Gasteiger partial charge in [0.1, 0.15) is 19.0 Å². The lowest BCUT2D eigenvalue weighted by molar-refractivity contribution is 0.131. The summed E-state index contributed by atoms with van der Waals surface area (Å²) < 4.78 is 11.5. The van der Waals surface area contributed by atoms with Crippen LogP contribution in [0.3, 0.4) is 0 Å². The zero-order valence-corrected chi connectivity index (χ0v) is 15.8. The monoisotopic (exact) mass is 387 g/mol. The Labute approximate surface area is 169 Å². The van der Waals surface area contributed by atoms with E-state index in [0.717, 1.165) is 0 Å². The summed E-state index contributed by atoms with van der Waals surface area (Å²) in [4.78, 5) is 14.6. The molecular weight excluding hydrogens is 366 g/mol. The second kappa shape index (κ2) is 7.26. The van der Waals surface area contributed by atoms with Gasteiger partial charge in [0.15, 0.2) is 0 Å². The summed E-state index contributed by atoms with van der Waals surface area (Å²) >= 11 is 0. The van der Waals surface area contributed by atoms with E-state index >= 15 is 0 Å². The third kappa shape index (κ3) is 2.95. The van der Waals surface area contributed by atoms with Gasteiger partial charge in [0.25, 0.3) is 0 Å². The Kier molecular flexibility index (Phi) is 4.45. The van der Waals surface area contributed by atoms with E-state index in [0.29, 0.717) is 11.4 Å². The highest BCUT2D eigenvalue weighted by Crippen LogP contribution is 2.44. The van der Waals surface area contributed by atoms with Crippen LogP contribution in [0.15, 0.2) is 72.8 Å². The molecular formula is C24H21NO4. The molecule has 1 aliphatic heterocycles. The topological polar surface area (TPSA) is 59.0 Å². The van der Waals surface area contributed by atoms with Gasteiger partial charge >= 0.3 is 6.09 Å². The van der Waals surface area contributed by atoms with Gasteiger partial charge in [0.2, 0.25) is 0 Å². The minimum atomic E-state index is -0.472. The number of hydrogen-bond acceptors (Lipinski definition) is 4. The summed E-state index contributed by atoms with van der Waals surface area (Å²) in [5, 5.41) is 9.75. The van der Waals surface area contributed by atoms with E-state index in [-0.39, 0.29) is 25.7 Å². The van der Waals surface area contributed by atoms with Gasteiger partial charge in [0.05, 0.1) is 18.3 Å². The Hall–Kier alpha value is -3.31. The molecule has 5 heteroatoms. The standard InChI is InChI=1S/C24H21NO4/c26-13-16-14-28-23-12-6-5-11-22(23)25(16)24(27)29-15-21-19-9-3-1-7-17(19)18-8-2-4-10-20(18)21/h1-12,16,21,26H,13-15H2. The number of carbonyl (C=O) groups excluding carboxylic acids is 1. The molecule has 0 fully saturated rings. The Morgan fingerprint density at radius 3 is 2.28 bits per heavy atom. The van der Waals surface area contributed by atoms with Crippen molar-refractivity contribution in [3.05, 3.63) is 83.9 Å². The number of benzene rings is 3. The SMILES string of the molecule is O=C(OCC1c2ccccc2-c2ccccc21)N1c2ccccc2OCC1CO. The van der Waals surface area contributed by atoms with Gasteiger partial charge in [-0.15, -0.1) is 0 Å². The van der Waals surface area contributed by atoms with Crippen molar-refractivity contribution in [3.63, 3.8) is 0 Å². The average molecular weight is 387 g/mol. The van der Waals surface area contributed by atoms with Gasteiger partial charge in [-0.3, -0.25) is 4.90 Å². The van der Waals surface area contributed by atoms with Gasteiger partial charge in [-0.25, -0.2) is 4.79 Å². The number of aliphatic hydroxyl groups excluding tert-OH is 1. The molecule has 3 aromatic rings. The Bertz CT molecular complexity index is 1020. The fraction of sp³-hybridized carbons (Fsp3) is 0.208. The molecule has 1 N–H and O–H groups in total. The average Bonchev–Trinajstić information content (AvgIpc) is 3.10. The highest BCUT2D eigenvalue weighted by Gasteiger charge is 2.35. The van der Waals surface area contributed by atoms with Crippen LogP contribution in [-0.4, -0.2) is 37.1 Å². The molecule has 0 radical (unpaired) electrons. The molecule has 0 aromatic heterocycles. The third-order valence-electron chi connectivity index (χ3n) is 5.66. The summed E-state index contributed by atoms with van der Waals surface area (Å²) in [5.74, 6) is 0.612. The van der Waals surface area contributed by atoms with Crippen molar-refractivity contribution < 1.29 is 19.4 Å². The van der Waals surface area contributed by atoms with E-state index in [1.54, 1.807) is 6.07 Å². The number of rotatable bonds is 3. The van der Waals surface area contributed by atoms with E-state index in [4.69, 9.17) is 9.47 Å². The molecule has 0 saturated carbocycles. The molecule has 1 heterocycles. The van der Waals surface area contributed by atoms with Crippen LogP contribution < -0.4 is 9.64 Å². The molecule has 5 rings (SSSR count). The van der Waals surface area contributed by atoms with Crippen LogP contribution in [0.4, 0.5) is 10.5 Å². The number of nitrogens with zero attached hydrogens (tertiary/aromatic N) is 1. The van der Waals surface area contributed by atoms with E-state index in [1.165, 1.54) is 27.2 Å². The molecule has 3 aromatic carbocycles. The molecule has 1 atom stereocenters. The number of aliphatic hydroxyl groups is 1. The summed E-state index contributed by atoms with van der Waals surface area (Å²) in [7, 11) is 0. The highest BCUT2D eigenvalue weighted by atomic mass is 16.6. The molecule has 0 spiro atoms. The molecule has 1 aliphatic carbocycles. The maximum Gasteiger partial charge on any atom is 0.414 e. The van der Waals surface area contributed by atoms with E-state index in [1.807, 2.05) is 42.5 Å². The number of hydrogen-bond donors (Lipinski definition) is 1. The molecule has 2 aliphatic rings. The number of fused-ring (bicyclic) bond motifs is 4. The van der Waals surface area contributed by atoms with Crippen molar-refractivity contribution in [1.82, 2.24) is 0 Å². The first kappa shape index (κ1) is 17.8. The second-order valence-electron chi connectivity index (χ2n) is 7.29. The summed E-state index contributed by atoms with van der Waals surface area (Å²) in [6, 6.07) is 23.3. The summed E-state index contributed by atoms with van der Waals surface area (Å²) in [6.45, 7) is 0.279. The molecule has 0 bridgehead atoms. The van der Waals surface area contributed by atoms with Crippen molar-refractivity contribution in [3.8, 4) is 16.9 Å².